The highest BCUT2D eigenvalue weighted by Crippen LogP contribution is 2.22. The van der Waals surface area contributed by atoms with Gasteiger partial charge in [-0.15, -0.1) is 0 Å². The van der Waals surface area contributed by atoms with E-state index in [9.17, 15) is 4.79 Å². The average Bonchev–Trinajstić information content (AvgIpc) is 2.82. The van der Waals surface area contributed by atoms with Crippen LogP contribution in [-0.4, -0.2) is 45.1 Å². The number of H-pyrrole nitrogens is 1. The predicted octanol–water partition coefficient (Wildman–Crippen LogP) is 0.00410. The van der Waals surface area contributed by atoms with E-state index >= 15 is 0 Å². The number of aromatic amines is 1. The van der Waals surface area contributed by atoms with Gasteiger partial charge >= 0.3 is 0 Å². The molecular formula is C10H17N5O. The molecule has 2 rings (SSSR count). The Morgan fingerprint density at radius 1 is 1.69 bits per heavy atom. The fourth-order valence-corrected chi connectivity index (χ4v) is 2.10. The molecule has 0 bridgehead atoms. The molecule has 0 aromatic carbocycles. The molecule has 1 aromatic rings. The summed E-state index contributed by atoms with van der Waals surface area (Å²) in [5.41, 5.74) is 5.66. The summed E-state index contributed by atoms with van der Waals surface area (Å²) >= 11 is 0. The van der Waals surface area contributed by atoms with E-state index in [4.69, 9.17) is 5.73 Å². The Hall–Kier alpha value is -1.43. The van der Waals surface area contributed by atoms with Gasteiger partial charge in [-0.05, 0) is 32.2 Å². The van der Waals surface area contributed by atoms with E-state index < -0.39 is 0 Å². The number of piperidine rings is 1. The maximum atomic E-state index is 12.1. The second-order valence-corrected chi connectivity index (χ2v) is 4.32. The van der Waals surface area contributed by atoms with Crippen molar-refractivity contribution in [3.63, 3.8) is 0 Å². The molecule has 1 saturated heterocycles. The highest BCUT2D eigenvalue weighted by molar-refractivity contribution is 5.90. The SMILES string of the molecule is CC1CCC(CN)CN1C(=O)c1ncn[nH]1. The number of aromatic nitrogens is 3. The monoisotopic (exact) mass is 223 g/mol. The standard InChI is InChI=1S/C10H17N5O/c1-7-2-3-8(4-11)5-15(7)10(16)9-12-6-13-14-9/h6-8H,2-5,11H2,1H3,(H,12,13,14). The molecule has 0 spiro atoms. The van der Waals surface area contributed by atoms with E-state index in [0.717, 1.165) is 19.4 Å². The largest absolute Gasteiger partial charge is 0.333 e. The fourth-order valence-electron chi connectivity index (χ4n) is 2.10. The van der Waals surface area contributed by atoms with Crippen LogP contribution >= 0.6 is 0 Å². The maximum absolute atomic E-state index is 12.1. The molecule has 6 nitrogen and oxygen atoms in total. The van der Waals surface area contributed by atoms with Crippen molar-refractivity contribution in [2.24, 2.45) is 11.7 Å². The minimum absolute atomic E-state index is 0.0804. The topological polar surface area (TPSA) is 87.9 Å². The van der Waals surface area contributed by atoms with Gasteiger partial charge in [-0.2, -0.15) is 5.10 Å². The molecule has 2 atom stereocenters. The number of nitrogens with one attached hydrogen (secondary N) is 1. The summed E-state index contributed by atoms with van der Waals surface area (Å²) in [4.78, 5) is 17.8. The summed E-state index contributed by atoms with van der Waals surface area (Å²) in [7, 11) is 0. The lowest BCUT2D eigenvalue weighted by Gasteiger charge is -2.37. The van der Waals surface area contributed by atoms with Gasteiger partial charge in [0.25, 0.3) is 5.91 Å². The van der Waals surface area contributed by atoms with Crippen molar-refractivity contribution in [3.05, 3.63) is 12.2 Å². The van der Waals surface area contributed by atoms with Crippen LogP contribution < -0.4 is 5.73 Å². The smallest absolute Gasteiger partial charge is 0.291 e. The second-order valence-electron chi connectivity index (χ2n) is 4.32. The van der Waals surface area contributed by atoms with Crippen LogP contribution in [0, 0.1) is 5.92 Å². The lowest BCUT2D eigenvalue weighted by Crippen LogP contribution is -2.47. The molecule has 1 fully saturated rings. The van der Waals surface area contributed by atoms with E-state index in [1.54, 1.807) is 0 Å². The Labute approximate surface area is 94.2 Å². The zero-order valence-electron chi connectivity index (χ0n) is 9.39. The van der Waals surface area contributed by atoms with E-state index in [2.05, 4.69) is 22.1 Å². The first-order valence-electron chi connectivity index (χ1n) is 5.58. The number of hydrogen-bond donors (Lipinski definition) is 2. The minimum atomic E-state index is -0.0804. The van der Waals surface area contributed by atoms with Crippen LogP contribution in [0.25, 0.3) is 0 Å². The van der Waals surface area contributed by atoms with Gasteiger partial charge in [-0.25, -0.2) is 4.98 Å². The molecule has 2 heterocycles. The van der Waals surface area contributed by atoms with Crippen molar-refractivity contribution < 1.29 is 4.79 Å². The van der Waals surface area contributed by atoms with Gasteiger partial charge in [-0.1, -0.05) is 0 Å². The Morgan fingerprint density at radius 2 is 2.50 bits per heavy atom. The van der Waals surface area contributed by atoms with Gasteiger partial charge < -0.3 is 10.6 Å². The van der Waals surface area contributed by atoms with Gasteiger partial charge in [0.2, 0.25) is 5.82 Å². The first kappa shape index (κ1) is 11.1. The van der Waals surface area contributed by atoms with Gasteiger partial charge in [0, 0.05) is 12.6 Å². The average molecular weight is 223 g/mol. The van der Waals surface area contributed by atoms with Crippen LogP contribution in [-0.2, 0) is 0 Å². The van der Waals surface area contributed by atoms with Crippen LogP contribution in [0.2, 0.25) is 0 Å². The van der Waals surface area contributed by atoms with E-state index in [1.807, 2.05) is 4.90 Å². The van der Waals surface area contributed by atoms with Gasteiger partial charge in [0.1, 0.15) is 6.33 Å². The highest BCUT2D eigenvalue weighted by Gasteiger charge is 2.30. The predicted molar refractivity (Wildman–Crippen MR) is 58.7 cm³/mol. The molecule has 16 heavy (non-hydrogen) atoms. The zero-order valence-corrected chi connectivity index (χ0v) is 9.39. The summed E-state index contributed by atoms with van der Waals surface area (Å²) < 4.78 is 0. The third-order valence-electron chi connectivity index (χ3n) is 3.19. The molecule has 0 radical (unpaired) electrons. The summed E-state index contributed by atoms with van der Waals surface area (Å²) in [6, 6.07) is 0.250. The fraction of sp³-hybridized carbons (Fsp3) is 0.700. The van der Waals surface area contributed by atoms with E-state index in [-0.39, 0.29) is 11.9 Å². The highest BCUT2D eigenvalue weighted by atomic mass is 16.2. The van der Waals surface area contributed by atoms with E-state index in [0.29, 0.717) is 18.3 Å². The molecule has 1 amide bonds. The minimum Gasteiger partial charge on any atom is -0.333 e. The zero-order chi connectivity index (χ0) is 11.5. The summed E-state index contributed by atoms with van der Waals surface area (Å²) in [5, 5.41) is 6.30. The number of carbonyl (C=O) groups is 1. The van der Waals surface area contributed by atoms with Crippen molar-refractivity contribution >= 4 is 5.91 Å². The Kier molecular flexibility index (Phi) is 3.19. The summed E-state index contributed by atoms with van der Waals surface area (Å²) in [6.45, 7) is 3.41. The molecule has 3 N–H and O–H groups in total. The van der Waals surface area contributed by atoms with Gasteiger partial charge in [-0.3, -0.25) is 9.89 Å². The summed E-state index contributed by atoms with van der Waals surface area (Å²) in [5.74, 6) is 0.635. The molecule has 2 unspecified atom stereocenters. The quantitative estimate of drug-likeness (QED) is 0.739. The Bertz CT molecular complexity index is 350. The second kappa shape index (κ2) is 4.61. The van der Waals surface area contributed by atoms with Crippen molar-refractivity contribution in [2.45, 2.75) is 25.8 Å². The van der Waals surface area contributed by atoms with Crippen molar-refractivity contribution in [3.8, 4) is 0 Å². The van der Waals surface area contributed by atoms with Crippen LogP contribution in [0.1, 0.15) is 30.4 Å². The lowest BCUT2D eigenvalue weighted by molar-refractivity contribution is 0.0555. The molecule has 1 aliphatic heterocycles. The molecule has 0 aliphatic carbocycles. The van der Waals surface area contributed by atoms with Crippen molar-refractivity contribution in [2.75, 3.05) is 13.1 Å². The normalized spacial score (nSPS) is 25.8. The van der Waals surface area contributed by atoms with Gasteiger partial charge in [0.05, 0.1) is 0 Å². The molecule has 6 heteroatoms. The number of amides is 1. The van der Waals surface area contributed by atoms with Crippen molar-refractivity contribution in [1.82, 2.24) is 20.1 Å². The number of nitrogens with two attached hydrogens (primary N) is 1. The number of rotatable bonds is 2. The van der Waals surface area contributed by atoms with Crippen LogP contribution in [0.3, 0.4) is 0 Å². The lowest BCUT2D eigenvalue weighted by atomic mass is 9.93. The molecule has 1 aromatic heterocycles. The first-order valence-corrected chi connectivity index (χ1v) is 5.58. The molecule has 1 aliphatic rings. The number of likely N-dealkylation sites (tertiary alicyclic amines) is 1. The number of nitrogens with zero attached hydrogens (tertiary/aromatic N) is 3. The van der Waals surface area contributed by atoms with E-state index in [1.165, 1.54) is 6.33 Å². The van der Waals surface area contributed by atoms with Gasteiger partial charge in [0.15, 0.2) is 0 Å². The molecule has 0 saturated carbocycles. The maximum Gasteiger partial charge on any atom is 0.291 e. The van der Waals surface area contributed by atoms with Crippen LogP contribution in [0.5, 0.6) is 0 Å². The third kappa shape index (κ3) is 2.06. The first-order chi connectivity index (χ1) is 7.72. The number of hydrogen-bond acceptors (Lipinski definition) is 4. The molecular weight excluding hydrogens is 206 g/mol. The third-order valence-corrected chi connectivity index (χ3v) is 3.19. The summed E-state index contributed by atoms with van der Waals surface area (Å²) in [6.07, 6.45) is 3.45. The Morgan fingerprint density at radius 3 is 3.12 bits per heavy atom. The van der Waals surface area contributed by atoms with Crippen LogP contribution in [0.15, 0.2) is 6.33 Å². The molecule has 88 valence electrons. The van der Waals surface area contributed by atoms with Crippen molar-refractivity contribution in [1.29, 1.82) is 0 Å². The van der Waals surface area contributed by atoms with Crippen LogP contribution in [0.4, 0.5) is 0 Å². The number of carbonyl (C=O) groups excluding carboxylic acids is 1. The Balaban J connectivity index is 2.09.